The van der Waals surface area contributed by atoms with Crippen LogP contribution in [0.5, 0.6) is 0 Å². The second-order valence-electron chi connectivity index (χ2n) is 8.04. The SMILES string of the molecule is O=C(CN(c1ccc(F)cc1)S(=O)(=O)c1ccc(F)cc1)Nc1ccccc1C(=O)N1CCCC1. The first-order valence-electron chi connectivity index (χ1n) is 11.0. The zero-order chi connectivity index (χ0) is 25.0. The molecule has 0 unspecified atom stereocenters. The standard InChI is InChI=1S/C25H23F2N3O4S/c26-18-7-11-20(12-8-18)30(35(33,34)21-13-9-19(27)10-14-21)17-24(31)28-23-6-2-1-5-22(23)25(32)29-15-3-4-16-29/h1-2,5-14H,3-4,15-17H2,(H,28,31). The Balaban J connectivity index is 1.62. The Morgan fingerprint density at radius 3 is 2.06 bits per heavy atom. The van der Waals surface area contributed by atoms with Gasteiger partial charge in [0.25, 0.3) is 15.9 Å². The van der Waals surface area contributed by atoms with Crippen LogP contribution in [0.2, 0.25) is 0 Å². The van der Waals surface area contributed by atoms with Crippen LogP contribution in [0.15, 0.2) is 77.7 Å². The molecule has 0 radical (unpaired) electrons. The molecule has 1 aliphatic heterocycles. The van der Waals surface area contributed by atoms with Gasteiger partial charge in [0.15, 0.2) is 0 Å². The lowest BCUT2D eigenvalue weighted by molar-refractivity contribution is -0.114. The van der Waals surface area contributed by atoms with Gasteiger partial charge in [-0.15, -0.1) is 0 Å². The predicted molar refractivity (Wildman–Crippen MR) is 128 cm³/mol. The number of likely N-dealkylation sites (tertiary alicyclic amines) is 1. The van der Waals surface area contributed by atoms with Crippen LogP contribution < -0.4 is 9.62 Å². The molecule has 182 valence electrons. The summed E-state index contributed by atoms with van der Waals surface area (Å²) in [6.45, 7) is 0.613. The van der Waals surface area contributed by atoms with Crippen LogP contribution in [0, 0.1) is 11.6 Å². The van der Waals surface area contributed by atoms with E-state index in [9.17, 15) is 26.8 Å². The quantitative estimate of drug-likeness (QED) is 0.532. The number of nitrogens with zero attached hydrogens (tertiary/aromatic N) is 2. The molecule has 1 aliphatic rings. The topological polar surface area (TPSA) is 86.8 Å². The summed E-state index contributed by atoms with van der Waals surface area (Å²) in [5.74, 6) is -2.12. The van der Waals surface area contributed by atoms with E-state index in [1.165, 1.54) is 12.1 Å². The number of halogens is 2. The van der Waals surface area contributed by atoms with E-state index in [1.54, 1.807) is 29.2 Å². The minimum Gasteiger partial charge on any atom is -0.339 e. The molecule has 0 spiro atoms. The van der Waals surface area contributed by atoms with Crippen molar-refractivity contribution in [2.45, 2.75) is 17.7 Å². The van der Waals surface area contributed by atoms with Crippen molar-refractivity contribution in [3.63, 3.8) is 0 Å². The van der Waals surface area contributed by atoms with Crippen molar-refractivity contribution in [3.05, 3.63) is 90.0 Å². The van der Waals surface area contributed by atoms with Crippen LogP contribution >= 0.6 is 0 Å². The third-order valence-corrected chi connectivity index (χ3v) is 7.42. The van der Waals surface area contributed by atoms with Crippen LogP contribution in [0.25, 0.3) is 0 Å². The van der Waals surface area contributed by atoms with Gasteiger partial charge in [0.2, 0.25) is 5.91 Å². The highest BCUT2D eigenvalue weighted by atomic mass is 32.2. The first-order chi connectivity index (χ1) is 16.8. The van der Waals surface area contributed by atoms with Gasteiger partial charge in [0, 0.05) is 13.1 Å². The number of amides is 2. The minimum absolute atomic E-state index is 0.0484. The van der Waals surface area contributed by atoms with Gasteiger partial charge >= 0.3 is 0 Å². The molecule has 0 atom stereocenters. The third-order valence-electron chi connectivity index (χ3n) is 5.63. The fraction of sp³-hybridized carbons (Fsp3) is 0.200. The summed E-state index contributed by atoms with van der Waals surface area (Å²) < 4.78 is 54.3. The van der Waals surface area contributed by atoms with E-state index >= 15 is 0 Å². The Kier molecular flexibility index (Phi) is 7.11. The van der Waals surface area contributed by atoms with E-state index in [2.05, 4.69) is 5.32 Å². The molecule has 0 saturated carbocycles. The Morgan fingerprint density at radius 1 is 0.857 bits per heavy atom. The zero-order valence-corrected chi connectivity index (χ0v) is 19.5. The maximum Gasteiger partial charge on any atom is 0.264 e. The third kappa shape index (κ3) is 5.48. The molecule has 0 aliphatic carbocycles. The Labute approximate surface area is 202 Å². The summed E-state index contributed by atoms with van der Waals surface area (Å²) in [4.78, 5) is 27.4. The van der Waals surface area contributed by atoms with Crippen molar-refractivity contribution in [3.8, 4) is 0 Å². The number of hydrogen-bond donors (Lipinski definition) is 1. The van der Waals surface area contributed by atoms with Crippen LogP contribution in [-0.4, -0.2) is 44.8 Å². The molecular formula is C25H23F2N3O4S. The van der Waals surface area contributed by atoms with E-state index in [4.69, 9.17) is 0 Å². The number of carbonyl (C=O) groups is 2. The van der Waals surface area contributed by atoms with E-state index in [0.717, 1.165) is 53.5 Å². The van der Waals surface area contributed by atoms with Crippen molar-refractivity contribution in [2.24, 2.45) is 0 Å². The molecule has 0 bridgehead atoms. The molecule has 7 nitrogen and oxygen atoms in total. The highest BCUT2D eigenvalue weighted by Crippen LogP contribution is 2.25. The molecule has 35 heavy (non-hydrogen) atoms. The van der Waals surface area contributed by atoms with E-state index in [1.807, 2.05) is 0 Å². The molecule has 0 aromatic heterocycles. The Bertz CT molecular complexity index is 1320. The van der Waals surface area contributed by atoms with E-state index in [0.29, 0.717) is 18.7 Å². The number of para-hydroxylation sites is 1. The average Bonchev–Trinajstić information content (AvgIpc) is 3.38. The maximum absolute atomic E-state index is 13.5. The summed E-state index contributed by atoms with van der Waals surface area (Å²) >= 11 is 0. The van der Waals surface area contributed by atoms with Crippen molar-refractivity contribution < 1.29 is 26.8 Å². The van der Waals surface area contributed by atoms with Gasteiger partial charge in [-0.25, -0.2) is 17.2 Å². The summed E-state index contributed by atoms with van der Waals surface area (Å²) in [6.07, 6.45) is 1.82. The van der Waals surface area contributed by atoms with Gasteiger partial charge in [-0.05, 0) is 73.5 Å². The van der Waals surface area contributed by atoms with Gasteiger partial charge in [-0.2, -0.15) is 0 Å². The molecular weight excluding hydrogens is 476 g/mol. The van der Waals surface area contributed by atoms with Crippen molar-refractivity contribution in [2.75, 3.05) is 29.3 Å². The fourth-order valence-corrected chi connectivity index (χ4v) is 5.27. The summed E-state index contributed by atoms with van der Waals surface area (Å²) in [5, 5.41) is 2.63. The number of anilines is 2. The first kappa shape index (κ1) is 24.3. The van der Waals surface area contributed by atoms with Crippen molar-refractivity contribution in [1.29, 1.82) is 0 Å². The molecule has 1 heterocycles. The number of benzene rings is 3. The summed E-state index contributed by atoms with van der Waals surface area (Å²) in [7, 11) is -4.30. The number of nitrogens with one attached hydrogen (secondary N) is 1. The molecule has 3 aromatic rings. The van der Waals surface area contributed by atoms with Crippen LogP contribution in [0.3, 0.4) is 0 Å². The normalized spacial score (nSPS) is 13.5. The monoisotopic (exact) mass is 499 g/mol. The lowest BCUT2D eigenvalue weighted by Gasteiger charge is -2.24. The first-order valence-corrected chi connectivity index (χ1v) is 12.4. The zero-order valence-electron chi connectivity index (χ0n) is 18.7. The lowest BCUT2D eigenvalue weighted by atomic mass is 10.1. The smallest absolute Gasteiger partial charge is 0.264 e. The number of rotatable bonds is 7. The lowest BCUT2D eigenvalue weighted by Crippen LogP contribution is -2.38. The predicted octanol–water partition coefficient (Wildman–Crippen LogP) is 4.03. The van der Waals surface area contributed by atoms with E-state index < -0.39 is 34.1 Å². The van der Waals surface area contributed by atoms with Gasteiger partial charge in [-0.1, -0.05) is 12.1 Å². The number of sulfonamides is 1. The van der Waals surface area contributed by atoms with Crippen LogP contribution in [-0.2, 0) is 14.8 Å². The minimum atomic E-state index is -4.30. The number of carbonyl (C=O) groups excluding carboxylic acids is 2. The highest BCUT2D eigenvalue weighted by molar-refractivity contribution is 7.92. The van der Waals surface area contributed by atoms with Gasteiger partial charge in [0.1, 0.15) is 18.2 Å². The molecule has 1 N–H and O–H groups in total. The Hall–Kier alpha value is -3.79. The van der Waals surface area contributed by atoms with Crippen molar-refractivity contribution >= 4 is 33.2 Å². The number of hydrogen-bond acceptors (Lipinski definition) is 4. The van der Waals surface area contributed by atoms with Gasteiger partial charge in [0.05, 0.1) is 21.8 Å². The van der Waals surface area contributed by atoms with Gasteiger partial charge in [-0.3, -0.25) is 13.9 Å². The maximum atomic E-state index is 13.5. The Morgan fingerprint density at radius 2 is 1.43 bits per heavy atom. The molecule has 1 saturated heterocycles. The molecule has 3 aromatic carbocycles. The van der Waals surface area contributed by atoms with E-state index in [-0.39, 0.29) is 22.2 Å². The molecule has 2 amide bonds. The molecule has 10 heteroatoms. The van der Waals surface area contributed by atoms with Crippen LogP contribution in [0.1, 0.15) is 23.2 Å². The fourth-order valence-electron chi connectivity index (χ4n) is 3.85. The van der Waals surface area contributed by atoms with Crippen LogP contribution in [0.4, 0.5) is 20.2 Å². The largest absolute Gasteiger partial charge is 0.339 e. The second-order valence-corrected chi connectivity index (χ2v) is 9.90. The summed E-state index contributed by atoms with van der Waals surface area (Å²) in [6, 6.07) is 15.3. The molecule has 1 fully saturated rings. The highest BCUT2D eigenvalue weighted by Gasteiger charge is 2.28. The molecule has 4 rings (SSSR count). The summed E-state index contributed by atoms with van der Waals surface area (Å²) in [5.41, 5.74) is 0.609. The van der Waals surface area contributed by atoms with Gasteiger partial charge < -0.3 is 10.2 Å². The second kappa shape index (κ2) is 10.2. The average molecular weight is 500 g/mol. The van der Waals surface area contributed by atoms with Crippen molar-refractivity contribution in [1.82, 2.24) is 4.90 Å².